The second kappa shape index (κ2) is 10.1. The van der Waals surface area contributed by atoms with Gasteiger partial charge in [0.15, 0.2) is 12.3 Å². The Kier molecular flexibility index (Phi) is 7.04. The van der Waals surface area contributed by atoms with Gasteiger partial charge in [0.25, 0.3) is 0 Å². The molecule has 2 aliphatic heterocycles. The Bertz CT molecular complexity index is 1370. The molecule has 2 N–H and O–H groups in total. The van der Waals surface area contributed by atoms with Gasteiger partial charge in [-0.1, -0.05) is 60.2 Å². The smallest absolute Gasteiger partial charge is 0.209 e. The van der Waals surface area contributed by atoms with Crippen molar-refractivity contribution < 1.29 is 9.31 Å². The summed E-state index contributed by atoms with van der Waals surface area (Å²) < 4.78 is 8.65. The van der Waals surface area contributed by atoms with Gasteiger partial charge in [-0.3, -0.25) is 0 Å². The van der Waals surface area contributed by atoms with E-state index in [0.717, 1.165) is 48.8 Å². The molecule has 0 atom stereocenters. The average molecular weight is 514 g/mol. The van der Waals surface area contributed by atoms with Crippen LogP contribution in [0, 0.1) is 0 Å². The van der Waals surface area contributed by atoms with E-state index in [0.29, 0.717) is 6.54 Å². The van der Waals surface area contributed by atoms with E-state index in [4.69, 9.17) is 22.1 Å². The highest BCUT2D eigenvalue weighted by Crippen LogP contribution is 2.45. The Morgan fingerprint density at radius 1 is 0.919 bits per heavy atom. The molecule has 0 radical (unpaired) electrons. The van der Waals surface area contributed by atoms with Crippen LogP contribution in [0.15, 0.2) is 94.8 Å². The third-order valence-corrected chi connectivity index (χ3v) is 8.60. The molecule has 1 aliphatic carbocycles. The predicted octanol–water partition coefficient (Wildman–Crippen LogP) is 7.83. The number of nitrogens with two attached hydrogens (primary N) is 1. The van der Waals surface area contributed by atoms with E-state index in [-0.39, 0.29) is 10.8 Å². The van der Waals surface area contributed by atoms with Crippen LogP contribution in [0.2, 0.25) is 0 Å². The van der Waals surface area contributed by atoms with Crippen molar-refractivity contribution in [3.8, 4) is 5.75 Å². The molecular weight excluding hydrogens is 476 g/mol. The maximum Gasteiger partial charge on any atom is 0.209 e. The van der Waals surface area contributed by atoms with E-state index in [9.17, 15) is 0 Å². The van der Waals surface area contributed by atoms with Gasteiger partial charge in [-0.25, -0.2) is 0 Å². The summed E-state index contributed by atoms with van der Waals surface area (Å²) in [5.41, 5.74) is 13.2. The zero-order valence-electron chi connectivity index (χ0n) is 22.5. The van der Waals surface area contributed by atoms with Gasteiger partial charge in [0, 0.05) is 34.7 Å². The first-order chi connectivity index (χ1) is 17.7. The van der Waals surface area contributed by atoms with Gasteiger partial charge in [-0.05, 0) is 76.8 Å². The van der Waals surface area contributed by atoms with Gasteiger partial charge in [-0.15, -0.1) is 0 Å². The van der Waals surface area contributed by atoms with Crippen molar-refractivity contribution in [3.05, 3.63) is 106 Å². The van der Waals surface area contributed by atoms with Crippen LogP contribution in [0.5, 0.6) is 5.75 Å². The third kappa shape index (κ3) is 4.64. The molecule has 4 heteroatoms. The van der Waals surface area contributed by atoms with Gasteiger partial charge < -0.3 is 10.5 Å². The maximum atomic E-state index is 7.01. The van der Waals surface area contributed by atoms with Crippen LogP contribution < -0.4 is 10.5 Å². The fourth-order valence-electron chi connectivity index (χ4n) is 5.89. The number of rotatable bonds is 6. The van der Waals surface area contributed by atoms with E-state index in [1.807, 2.05) is 12.1 Å². The van der Waals surface area contributed by atoms with Gasteiger partial charge in [0.1, 0.15) is 11.5 Å². The molecule has 2 aromatic carbocycles. The van der Waals surface area contributed by atoms with E-state index >= 15 is 0 Å². The summed E-state index contributed by atoms with van der Waals surface area (Å²) in [6.07, 6.45) is 12.8. The summed E-state index contributed by atoms with van der Waals surface area (Å²) >= 11 is 7.01. The summed E-state index contributed by atoms with van der Waals surface area (Å²) in [6, 6.07) is 17.0. The first kappa shape index (κ1) is 25.8. The van der Waals surface area contributed by atoms with Crippen molar-refractivity contribution in [1.29, 1.82) is 0 Å². The van der Waals surface area contributed by atoms with Gasteiger partial charge >= 0.3 is 0 Å². The Morgan fingerprint density at radius 3 is 2.41 bits per heavy atom. The number of para-hydroxylation sites is 2. The Hall–Kier alpha value is -2.88. The monoisotopic (exact) mass is 513 g/mol. The molecule has 0 unspecified atom stereocenters. The summed E-state index contributed by atoms with van der Waals surface area (Å²) in [7, 11) is 0. The summed E-state index contributed by atoms with van der Waals surface area (Å²) in [5.74, 6) is 1.91. The number of allylic oxidation sites excluding steroid dienone is 8. The molecule has 0 amide bonds. The lowest BCUT2D eigenvalue weighted by molar-refractivity contribution is -0.437. The molecule has 3 nitrogen and oxygen atoms in total. The van der Waals surface area contributed by atoms with Crippen LogP contribution in [-0.2, 0) is 10.8 Å². The predicted molar refractivity (Wildman–Crippen MR) is 155 cm³/mol. The second-order valence-electron chi connectivity index (χ2n) is 11.3. The van der Waals surface area contributed by atoms with Gasteiger partial charge in [0.05, 0.1) is 10.8 Å². The zero-order valence-corrected chi connectivity index (χ0v) is 23.2. The molecule has 0 saturated carbocycles. The largest absolute Gasteiger partial charge is 0.460 e. The average Bonchev–Trinajstić information content (AvgIpc) is 3.27. The van der Waals surface area contributed by atoms with Gasteiger partial charge in [-0.2, -0.15) is 4.58 Å². The Labute approximate surface area is 226 Å². The molecule has 0 aromatic heterocycles. The summed E-state index contributed by atoms with van der Waals surface area (Å²) in [5, 5.41) is 0.870. The van der Waals surface area contributed by atoms with Crippen molar-refractivity contribution in [1.82, 2.24) is 0 Å². The van der Waals surface area contributed by atoms with Crippen molar-refractivity contribution in [3.63, 3.8) is 0 Å². The highest BCUT2D eigenvalue weighted by atomic mass is 35.5. The number of ether oxygens (including phenoxy) is 1. The summed E-state index contributed by atoms with van der Waals surface area (Å²) in [4.78, 5) is 0. The Balaban J connectivity index is 1.45. The molecule has 2 aromatic rings. The van der Waals surface area contributed by atoms with Crippen LogP contribution in [0.3, 0.4) is 0 Å². The molecule has 3 aliphatic rings. The highest BCUT2D eigenvalue weighted by molar-refractivity contribution is 6.32. The van der Waals surface area contributed by atoms with Gasteiger partial charge in [0.2, 0.25) is 5.69 Å². The van der Waals surface area contributed by atoms with Crippen LogP contribution in [-0.4, -0.2) is 23.4 Å². The standard InChI is InChI=1S/C33H38ClN2O/c1-32(2)25-13-5-7-15-27(25)36(22-10-21-35)29(32)19-17-23-11-9-12-24(31(23)34)18-20-30-33(3,4)26-14-6-8-16-28(26)37-30/h5-8,13-20H,9-12,21-22,35H2,1-4H3/q+1/b19-17+,24-18+,30-20+. The normalized spacial score (nSPS) is 22.2. The number of nitrogens with zero attached hydrogens (tertiary/aromatic N) is 1. The molecule has 5 rings (SSSR count). The molecule has 0 saturated heterocycles. The molecular formula is C33H38ClN2O+. The van der Waals surface area contributed by atoms with Crippen molar-refractivity contribution in [2.45, 2.75) is 64.2 Å². The van der Waals surface area contributed by atoms with Crippen LogP contribution >= 0.6 is 11.6 Å². The van der Waals surface area contributed by atoms with E-state index in [1.165, 1.54) is 33.7 Å². The van der Waals surface area contributed by atoms with Crippen LogP contribution in [0.25, 0.3) is 0 Å². The minimum Gasteiger partial charge on any atom is -0.460 e. The molecule has 0 bridgehead atoms. The lowest BCUT2D eigenvalue weighted by Crippen LogP contribution is -2.28. The lowest BCUT2D eigenvalue weighted by atomic mass is 9.81. The SMILES string of the molecule is CC1(C)C(/C=C/C2=C(Cl)C(=C/C=C3/Oc4ccccc4C3(C)C)/CCC2)=[N+](CCCN)c2ccccc21. The number of benzene rings is 2. The molecule has 37 heavy (non-hydrogen) atoms. The zero-order chi connectivity index (χ0) is 26.2. The quantitative estimate of drug-likeness (QED) is 0.400. The number of hydrogen-bond acceptors (Lipinski definition) is 2. The topological polar surface area (TPSA) is 38.3 Å². The number of halogens is 1. The van der Waals surface area contributed by atoms with E-state index in [1.54, 1.807) is 0 Å². The molecule has 192 valence electrons. The number of hydrogen-bond donors (Lipinski definition) is 1. The molecule has 0 spiro atoms. The van der Waals surface area contributed by atoms with E-state index < -0.39 is 0 Å². The summed E-state index contributed by atoms with van der Waals surface area (Å²) in [6.45, 7) is 10.6. The first-order valence-electron chi connectivity index (χ1n) is 13.5. The van der Waals surface area contributed by atoms with E-state index in [2.05, 4.69) is 93.0 Å². The number of fused-ring (bicyclic) bond motifs is 2. The fourth-order valence-corrected chi connectivity index (χ4v) is 6.20. The van der Waals surface area contributed by atoms with Crippen LogP contribution in [0.1, 0.15) is 64.5 Å². The van der Waals surface area contributed by atoms with Crippen molar-refractivity contribution >= 4 is 23.0 Å². The fraction of sp³-hybridized carbons (Fsp3) is 0.364. The van der Waals surface area contributed by atoms with Crippen molar-refractivity contribution in [2.75, 3.05) is 13.1 Å². The maximum absolute atomic E-state index is 7.01. The second-order valence-corrected chi connectivity index (χ2v) is 11.7. The highest BCUT2D eigenvalue weighted by Gasteiger charge is 2.43. The molecule has 2 heterocycles. The minimum absolute atomic E-state index is 0.0765. The lowest BCUT2D eigenvalue weighted by Gasteiger charge is -2.19. The third-order valence-electron chi connectivity index (χ3n) is 8.12. The minimum atomic E-state index is -0.159. The van der Waals surface area contributed by atoms with Crippen LogP contribution in [0.4, 0.5) is 5.69 Å². The first-order valence-corrected chi connectivity index (χ1v) is 13.8. The molecule has 0 fully saturated rings. The Morgan fingerprint density at radius 2 is 1.65 bits per heavy atom. The van der Waals surface area contributed by atoms with Crippen molar-refractivity contribution in [2.24, 2.45) is 5.73 Å².